The maximum absolute atomic E-state index is 13.7. The summed E-state index contributed by atoms with van der Waals surface area (Å²) in [4.78, 5) is 18.6. The van der Waals surface area contributed by atoms with Crippen molar-refractivity contribution in [3.8, 4) is 0 Å². The highest BCUT2D eigenvalue weighted by Crippen LogP contribution is 2.21. The van der Waals surface area contributed by atoms with Crippen molar-refractivity contribution in [1.29, 1.82) is 0 Å². The van der Waals surface area contributed by atoms with Crippen LogP contribution in [0.15, 0.2) is 36.5 Å². The van der Waals surface area contributed by atoms with Gasteiger partial charge in [-0.05, 0) is 37.1 Å². The Kier molecular flexibility index (Phi) is 5.03. The predicted octanol–water partition coefficient (Wildman–Crippen LogP) is 3.99. The van der Waals surface area contributed by atoms with Gasteiger partial charge in [0.25, 0.3) is 5.91 Å². The van der Waals surface area contributed by atoms with Crippen molar-refractivity contribution in [1.82, 2.24) is 4.98 Å². The molecular formula is C18H19F2N3O. The third-order valence-electron chi connectivity index (χ3n) is 4.13. The van der Waals surface area contributed by atoms with Gasteiger partial charge in [-0.1, -0.05) is 12.8 Å². The molecule has 24 heavy (non-hydrogen) atoms. The Hall–Kier alpha value is -2.50. The Labute approximate surface area is 139 Å². The zero-order valence-electron chi connectivity index (χ0n) is 13.3. The molecule has 3 rings (SSSR count). The van der Waals surface area contributed by atoms with Crippen molar-refractivity contribution in [3.63, 3.8) is 0 Å². The van der Waals surface area contributed by atoms with E-state index in [-0.39, 0.29) is 11.4 Å². The molecule has 1 aliphatic rings. The van der Waals surface area contributed by atoms with Crippen LogP contribution >= 0.6 is 0 Å². The number of halogens is 2. The summed E-state index contributed by atoms with van der Waals surface area (Å²) in [5.41, 5.74) is 1.08. The summed E-state index contributed by atoms with van der Waals surface area (Å²) in [5.74, 6) is -2.02. The summed E-state index contributed by atoms with van der Waals surface area (Å²) in [6, 6.07) is 6.61. The highest BCUT2D eigenvalue weighted by molar-refractivity contribution is 6.03. The number of aromatic nitrogens is 1. The summed E-state index contributed by atoms with van der Waals surface area (Å²) in [5, 5.41) is 2.43. The molecule has 0 saturated carbocycles. The van der Waals surface area contributed by atoms with Crippen molar-refractivity contribution in [3.05, 3.63) is 53.9 Å². The quantitative estimate of drug-likeness (QED) is 0.925. The zero-order valence-corrected chi connectivity index (χ0v) is 13.3. The second kappa shape index (κ2) is 7.38. The standard InChI is InChI=1S/C18H19F2N3O/c19-13-5-6-16(15(20)11-13)22-18(24)17-12-14(7-8-21-17)23-9-3-1-2-4-10-23/h5-8,11-12H,1-4,9-10H2,(H,22,24). The van der Waals surface area contributed by atoms with Gasteiger partial charge in [0.05, 0.1) is 5.69 Å². The van der Waals surface area contributed by atoms with Gasteiger partial charge in [-0.3, -0.25) is 9.78 Å². The van der Waals surface area contributed by atoms with Crippen LogP contribution in [0.25, 0.3) is 0 Å². The lowest BCUT2D eigenvalue weighted by molar-refractivity contribution is 0.102. The van der Waals surface area contributed by atoms with Crippen LogP contribution < -0.4 is 10.2 Å². The minimum absolute atomic E-state index is 0.0663. The molecule has 0 atom stereocenters. The number of pyridine rings is 1. The first-order chi connectivity index (χ1) is 11.6. The highest BCUT2D eigenvalue weighted by atomic mass is 19.1. The predicted molar refractivity (Wildman–Crippen MR) is 89.2 cm³/mol. The molecule has 1 aliphatic heterocycles. The largest absolute Gasteiger partial charge is 0.371 e. The van der Waals surface area contributed by atoms with Gasteiger partial charge in [-0.25, -0.2) is 8.78 Å². The average Bonchev–Trinajstić information content (AvgIpc) is 2.87. The van der Waals surface area contributed by atoms with Gasteiger partial charge < -0.3 is 10.2 Å². The molecule has 126 valence electrons. The van der Waals surface area contributed by atoms with Gasteiger partial charge in [0, 0.05) is 31.0 Å². The van der Waals surface area contributed by atoms with Crippen LogP contribution in [0.3, 0.4) is 0 Å². The van der Waals surface area contributed by atoms with E-state index >= 15 is 0 Å². The van der Waals surface area contributed by atoms with E-state index in [1.165, 1.54) is 18.9 Å². The number of benzene rings is 1. The number of rotatable bonds is 3. The number of carbonyl (C=O) groups is 1. The fourth-order valence-electron chi connectivity index (χ4n) is 2.85. The van der Waals surface area contributed by atoms with Gasteiger partial charge in [0.2, 0.25) is 0 Å². The van der Waals surface area contributed by atoms with Crippen LogP contribution in [-0.2, 0) is 0 Å². The Morgan fingerprint density at radius 2 is 1.79 bits per heavy atom. The average molecular weight is 331 g/mol. The number of nitrogens with zero attached hydrogens (tertiary/aromatic N) is 2. The molecule has 0 bridgehead atoms. The van der Waals surface area contributed by atoms with E-state index < -0.39 is 17.5 Å². The fraction of sp³-hybridized carbons (Fsp3) is 0.333. The van der Waals surface area contributed by atoms with E-state index in [1.54, 1.807) is 12.3 Å². The fourth-order valence-corrected chi connectivity index (χ4v) is 2.85. The van der Waals surface area contributed by atoms with Crippen molar-refractivity contribution in [2.24, 2.45) is 0 Å². The number of hydrogen-bond acceptors (Lipinski definition) is 3. The first-order valence-corrected chi connectivity index (χ1v) is 8.11. The smallest absolute Gasteiger partial charge is 0.274 e. The number of anilines is 2. The monoisotopic (exact) mass is 331 g/mol. The van der Waals surface area contributed by atoms with Crippen molar-refractivity contribution in [2.75, 3.05) is 23.3 Å². The van der Waals surface area contributed by atoms with E-state index in [4.69, 9.17) is 0 Å². The van der Waals surface area contributed by atoms with E-state index in [2.05, 4.69) is 15.2 Å². The molecule has 4 nitrogen and oxygen atoms in total. The Balaban J connectivity index is 1.76. The molecule has 1 fully saturated rings. The van der Waals surface area contributed by atoms with Crippen molar-refractivity contribution >= 4 is 17.3 Å². The lowest BCUT2D eigenvalue weighted by atomic mass is 10.2. The van der Waals surface area contributed by atoms with E-state index in [0.717, 1.165) is 43.8 Å². The minimum Gasteiger partial charge on any atom is -0.371 e. The molecule has 6 heteroatoms. The molecule has 1 amide bonds. The van der Waals surface area contributed by atoms with Gasteiger partial charge in [-0.2, -0.15) is 0 Å². The third-order valence-corrected chi connectivity index (χ3v) is 4.13. The number of amides is 1. The molecule has 1 N–H and O–H groups in total. The molecule has 1 aromatic heterocycles. The first-order valence-electron chi connectivity index (χ1n) is 8.11. The van der Waals surface area contributed by atoms with Crippen LogP contribution in [0.4, 0.5) is 20.2 Å². The van der Waals surface area contributed by atoms with E-state index in [0.29, 0.717) is 0 Å². The molecular weight excluding hydrogens is 312 g/mol. The molecule has 1 aromatic carbocycles. The lowest BCUT2D eigenvalue weighted by Gasteiger charge is -2.22. The topological polar surface area (TPSA) is 45.2 Å². The second-order valence-electron chi connectivity index (χ2n) is 5.88. The maximum atomic E-state index is 13.7. The summed E-state index contributed by atoms with van der Waals surface area (Å²) >= 11 is 0. The zero-order chi connectivity index (χ0) is 16.9. The lowest BCUT2D eigenvalue weighted by Crippen LogP contribution is -2.24. The minimum atomic E-state index is -0.813. The second-order valence-corrected chi connectivity index (χ2v) is 5.88. The highest BCUT2D eigenvalue weighted by Gasteiger charge is 2.15. The number of carbonyl (C=O) groups excluding carboxylic acids is 1. The summed E-state index contributed by atoms with van der Waals surface area (Å²) in [7, 11) is 0. The number of hydrogen-bond donors (Lipinski definition) is 1. The normalized spacial score (nSPS) is 15.0. The first kappa shape index (κ1) is 16.4. The van der Waals surface area contributed by atoms with E-state index in [9.17, 15) is 13.6 Å². The molecule has 0 radical (unpaired) electrons. The molecule has 1 saturated heterocycles. The van der Waals surface area contributed by atoms with Crippen LogP contribution in [0.1, 0.15) is 36.2 Å². The van der Waals surface area contributed by atoms with Crippen LogP contribution in [0, 0.1) is 11.6 Å². The Morgan fingerprint density at radius 1 is 1.04 bits per heavy atom. The van der Waals surface area contributed by atoms with Gasteiger partial charge in [-0.15, -0.1) is 0 Å². The maximum Gasteiger partial charge on any atom is 0.274 e. The van der Waals surface area contributed by atoms with E-state index in [1.807, 2.05) is 6.07 Å². The Bertz CT molecular complexity index is 728. The summed E-state index contributed by atoms with van der Waals surface area (Å²) < 4.78 is 26.6. The molecule has 2 heterocycles. The van der Waals surface area contributed by atoms with Gasteiger partial charge in [0.15, 0.2) is 0 Å². The third kappa shape index (κ3) is 3.88. The molecule has 0 aliphatic carbocycles. The van der Waals surface area contributed by atoms with Crippen molar-refractivity contribution in [2.45, 2.75) is 25.7 Å². The van der Waals surface area contributed by atoms with Gasteiger partial charge in [0.1, 0.15) is 17.3 Å². The summed E-state index contributed by atoms with van der Waals surface area (Å²) in [6.45, 7) is 1.91. The van der Waals surface area contributed by atoms with Gasteiger partial charge >= 0.3 is 0 Å². The molecule has 0 spiro atoms. The Morgan fingerprint density at radius 3 is 2.50 bits per heavy atom. The van der Waals surface area contributed by atoms with Crippen molar-refractivity contribution < 1.29 is 13.6 Å². The summed E-state index contributed by atoms with van der Waals surface area (Å²) in [6.07, 6.45) is 6.28. The molecule has 0 unspecified atom stereocenters. The SMILES string of the molecule is O=C(Nc1ccc(F)cc1F)c1cc(N2CCCCCC2)ccn1. The molecule has 2 aromatic rings. The number of nitrogens with one attached hydrogen (secondary N) is 1. The van der Waals surface area contributed by atoms with Crippen LogP contribution in [0.2, 0.25) is 0 Å². The van der Waals surface area contributed by atoms with Crippen LogP contribution in [-0.4, -0.2) is 24.0 Å². The van der Waals surface area contributed by atoms with Crippen LogP contribution in [0.5, 0.6) is 0 Å².